The quantitative estimate of drug-likeness (QED) is 0.507. The fourth-order valence-corrected chi connectivity index (χ4v) is 3.82. The molecule has 1 aliphatic heterocycles. The van der Waals surface area contributed by atoms with Gasteiger partial charge in [0, 0.05) is 13.0 Å². The monoisotopic (exact) mass is 506 g/mol. The predicted molar refractivity (Wildman–Crippen MR) is 120 cm³/mol. The number of carbonyl (C=O) groups is 3. The molecule has 0 radical (unpaired) electrons. The van der Waals surface area contributed by atoms with Crippen LogP contribution in [0, 0.1) is 5.92 Å². The summed E-state index contributed by atoms with van der Waals surface area (Å²) in [6, 6.07) is 6.35. The molecule has 2 aromatic rings. The summed E-state index contributed by atoms with van der Waals surface area (Å²) < 4.78 is 50.4. The molecule has 2 fully saturated rings. The van der Waals surface area contributed by atoms with Crippen molar-refractivity contribution in [1.82, 2.24) is 20.9 Å². The summed E-state index contributed by atoms with van der Waals surface area (Å²) in [6.07, 6.45) is -1.65. The van der Waals surface area contributed by atoms with Gasteiger partial charge in [0.2, 0.25) is 17.7 Å². The first-order valence-electron chi connectivity index (χ1n) is 11.3. The first-order valence-corrected chi connectivity index (χ1v) is 11.3. The summed E-state index contributed by atoms with van der Waals surface area (Å²) >= 11 is 0. The molecule has 0 bridgehead atoms. The van der Waals surface area contributed by atoms with Gasteiger partial charge in [0.05, 0.1) is 31.5 Å². The van der Waals surface area contributed by atoms with E-state index in [9.17, 15) is 27.6 Å². The van der Waals surface area contributed by atoms with E-state index in [4.69, 9.17) is 9.47 Å². The maximum absolute atomic E-state index is 13.4. The van der Waals surface area contributed by atoms with E-state index >= 15 is 0 Å². The molecule has 36 heavy (non-hydrogen) atoms. The minimum Gasteiger partial charge on any atom is -0.497 e. The maximum Gasteiger partial charge on any atom is 0.420 e. The van der Waals surface area contributed by atoms with Crippen LogP contribution >= 0.6 is 0 Å². The van der Waals surface area contributed by atoms with E-state index < -0.39 is 23.0 Å². The number of alkyl halides is 3. The van der Waals surface area contributed by atoms with Crippen LogP contribution in [0.25, 0.3) is 0 Å². The molecule has 2 heterocycles. The van der Waals surface area contributed by atoms with Gasteiger partial charge in [-0.1, -0.05) is 0 Å². The maximum atomic E-state index is 13.4. The van der Waals surface area contributed by atoms with Gasteiger partial charge in [-0.25, -0.2) is 0 Å². The molecule has 1 unspecified atom stereocenters. The normalized spacial score (nSPS) is 18.6. The first kappa shape index (κ1) is 25.3. The number of nitrogens with zero attached hydrogens (tertiary/aromatic N) is 1. The Balaban J connectivity index is 1.32. The lowest BCUT2D eigenvalue weighted by Gasteiger charge is -2.24. The molecule has 4 rings (SSSR count). The second kappa shape index (κ2) is 10.0. The molecule has 1 aliphatic carbocycles. The van der Waals surface area contributed by atoms with Crippen LogP contribution in [0.5, 0.6) is 17.2 Å². The smallest absolute Gasteiger partial charge is 0.420 e. The van der Waals surface area contributed by atoms with Crippen molar-refractivity contribution in [3.05, 3.63) is 47.8 Å². The molecule has 2 aliphatic rings. The predicted octanol–water partition coefficient (Wildman–Crippen LogP) is 2.69. The van der Waals surface area contributed by atoms with Crippen LogP contribution in [-0.4, -0.2) is 41.9 Å². The summed E-state index contributed by atoms with van der Waals surface area (Å²) in [7, 11) is 1.27. The SMILES string of the molecule is COc1ccc(Oc2ccc(CNC(=O)C3(NC(=O)C4CCC(=O)NC4)CC3)nc2)c(C(F)(F)F)c1. The van der Waals surface area contributed by atoms with E-state index in [-0.39, 0.29) is 54.6 Å². The van der Waals surface area contributed by atoms with Crippen LogP contribution in [0.15, 0.2) is 36.5 Å². The van der Waals surface area contributed by atoms with Gasteiger partial charge in [-0.3, -0.25) is 19.4 Å². The highest BCUT2D eigenvalue weighted by Crippen LogP contribution is 2.40. The van der Waals surface area contributed by atoms with Crippen molar-refractivity contribution in [3.8, 4) is 17.2 Å². The average molecular weight is 506 g/mol. The number of carbonyl (C=O) groups excluding carboxylic acids is 3. The van der Waals surface area contributed by atoms with Crippen molar-refractivity contribution in [2.24, 2.45) is 5.92 Å². The zero-order chi connectivity index (χ0) is 25.9. The van der Waals surface area contributed by atoms with Crippen LogP contribution in [0.1, 0.15) is 36.9 Å². The molecule has 192 valence electrons. The number of amides is 3. The second-order valence-electron chi connectivity index (χ2n) is 8.74. The minimum absolute atomic E-state index is 0.0500. The summed E-state index contributed by atoms with van der Waals surface area (Å²) in [5.74, 6) is -1.32. The highest BCUT2D eigenvalue weighted by Gasteiger charge is 2.51. The van der Waals surface area contributed by atoms with Crippen molar-refractivity contribution in [3.63, 3.8) is 0 Å². The third-order valence-corrected chi connectivity index (χ3v) is 6.13. The van der Waals surface area contributed by atoms with Crippen LogP contribution in [-0.2, 0) is 27.1 Å². The third-order valence-electron chi connectivity index (χ3n) is 6.13. The third kappa shape index (κ3) is 5.86. The molecular weight excluding hydrogens is 481 g/mol. The minimum atomic E-state index is -4.64. The van der Waals surface area contributed by atoms with E-state index in [0.29, 0.717) is 25.0 Å². The van der Waals surface area contributed by atoms with Crippen LogP contribution in [0.3, 0.4) is 0 Å². The van der Waals surface area contributed by atoms with Crippen molar-refractivity contribution >= 4 is 17.7 Å². The van der Waals surface area contributed by atoms with E-state index in [1.54, 1.807) is 0 Å². The van der Waals surface area contributed by atoms with Crippen LogP contribution in [0.2, 0.25) is 0 Å². The number of benzene rings is 1. The Morgan fingerprint density at radius 1 is 1.19 bits per heavy atom. The second-order valence-corrected chi connectivity index (χ2v) is 8.74. The number of halogens is 3. The molecule has 1 aromatic heterocycles. The van der Waals surface area contributed by atoms with Gasteiger partial charge in [0.15, 0.2) is 0 Å². The van der Waals surface area contributed by atoms with Gasteiger partial charge in [-0.2, -0.15) is 13.2 Å². The van der Waals surface area contributed by atoms with E-state index in [1.807, 2.05) is 0 Å². The molecule has 12 heteroatoms. The Labute approximate surface area is 204 Å². The zero-order valence-corrected chi connectivity index (χ0v) is 19.4. The van der Waals surface area contributed by atoms with Crippen molar-refractivity contribution in [2.75, 3.05) is 13.7 Å². The number of nitrogens with one attached hydrogen (secondary N) is 3. The fourth-order valence-electron chi connectivity index (χ4n) is 3.82. The summed E-state index contributed by atoms with van der Waals surface area (Å²) in [6.45, 7) is 0.314. The van der Waals surface area contributed by atoms with E-state index in [0.717, 1.165) is 6.07 Å². The van der Waals surface area contributed by atoms with Crippen molar-refractivity contribution in [2.45, 2.75) is 43.9 Å². The van der Waals surface area contributed by atoms with E-state index in [1.165, 1.54) is 37.6 Å². The number of pyridine rings is 1. The molecule has 3 amide bonds. The van der Waals surface area contributed by atoms with Gasteiger partial charge in [-0.05, 0) is 49.6 Å². The number of hydrogen-bond donors (Lipinski definition) is 3. The lowest BCUT2D eigenvalue weighted by Crippen LogP contribution is -2.52. The number of ether oxygens (including phenoxy) is 2. The van der Waals surface area contributed by atoms with Gasteiger partial charge in [-0.15, -0.1) is 0 Å². The molecule has 1 saturated heterocycles. The van der Waals surface area contributed by atoms with Crippen molar-refractivity contribution < 1.29 is 37.0 Å². The highest BCUT2D eigenvalue weighted by atomic mass is 19.4. The Morgan fingerprint density at radius 2 is 1.94 bits per heavy atom. The number of rotatable bonds is 8. The number of piperidine rings is 1. The summed E-state index contributed by atoms with van der Waals surface area (Å²) in [5.41, 5.74) is -1.49. The fraction of sp³-hybridized carbons (Fsp3) is 0.417. The number of hydrogen-bond acceptors (Lipinski definition) is 6. The van der Waals surface area contributed by atoms with Crippen LogP contribution < -0.4 is 25.4 Å². The topological polar surface area (TPSA) is 119 Å². The van der Waals surface area contributed by atoms with Gasteiger partial charge >= 0.3 is 6.18 Å². The molecule has 9 nitrogen and oxygen atoms in total. The molecule has 3 N–H and O–H groups in total. The lowest BCUT2D eigenvalue weighted by molar-refractivity contribution is -0.138. The Bertz CT molecular complexity index is 1140. The van der Waals surface area contributed by atoms with E-state index in [2.05, 4.69) is 20.9 Å². The molecule has 1 atom stereocenters. The lowest BCUT2D eigenvalue weighted by atomic mass is 9.97. The first-order chi connectivity index (χ1) is 17.1. The zero-order valence-electron chi connectivity index (χ0n) is 19.4. The largest absolute Gasteiger partial charge is 0.497 e. The average Bonchev–Trinajstić information content (AvgIpc) is 3.64. The van der Waals surface area contributed by atoms with Crippen LogP contribution in [0.4, 0.5) is 13.2 Å². The standard InChI is InChI=1S/C24H25F3N4O5/c1-35-16-5-6-19(18(10-16)24(25,26)27)36-17-4-3-15(28-13-17)12-30-22(34)23(8-9-23)31-21(33)14-2-7-20(32)29-11-14/h3-6,10,13-14H,2,7-9,11-12H2,1H3,(H,29,32)(H,30,34)(H,31,33). The van der Waals surface area contributed by atoms with Crippen molar-refractivity contribution in [1.29, 1.82) is 0 Å². The van der Waals surface area contributed by atoms with Gasteiger partial charge < -0.3 is 25.4 Å². The number of aromatic nitrogens is 1. The summed E-state index contributed by atoms with van der Waals surface area (Å²) in [4.78, 5) is 40.6. The highest BCUT2D eigenvalue weighted by molar-refractivity contribution is 5.95. The molecule has 1 aromatic carbocycles. The Kier molecular flexibility index (Phi) is 7.04. The summed E-state index contributed by atoms with van der Waals surface area (Å²) in [5, 5.41) is 8.20. The Hall–Kier alpha value is -3.83. The Morgan fingerprint density at radius 3 is 2.53 bits per heavy atom. The molecule has 1 saturated carbocycles. The molecule has 0 spiro atoms. The van der Waals surface area contributed by atoms with Gasteiger partial charge in [0.1, 0.15) is 28.4 Å². The number of methoxy groups -OCH3 is 1. The van der Waals surface area contributed by atoms with Gasteiger partial charge in [0.25, 0.3) is 0 Å². The molecular formula is C24H25F3N4O5.